The van der Waals surface area contributed by atoms with Gasteiger partial charge in [0, 0.05) is 42.1 Å². The van der Waals surface area contributed by atoms with E-state index in [4.69, 9.17) is 0 Å². The molecule has 0 aliphatic rings. The number of aryl methyl sites for hydroxylation is 1. The Morgan fingerprint density at radius 3 is 2.28 bits per heavy atom. The van der Waals surface area contributed by atoms with Crippen LogP contribution >= 0.6 is 11.8 Å². The summed E-state index contributed by atoms with van der Waals surface area (Å²) < 4.78 is 14.6. The van der Waals surface area contributed by atoms with Gasteiger partial charge in [-0.05, 0) is 36.6 Å². The second kappa shape index (κ2) is 13.8. The molecule has 0 spiro atoms. The molecule has 0 bridgehead atoms. The third-order valence-electron chi connectivity index (χ3n) is 5.86. The average molecular weight is 507 g/mol. The number of nitrogens with one attached hydrogen (secondary N) is 1. The molecule has 6 heteroatoms. The Bertz CT molecular complexity index is 1120. The fourth-order valence-electron chi connectivity index (χ4n) is 3.82. The molecular formula is C30H35FN2O2S. The minimum absolute atomic E-state index is 0.0350. The van der Waals surface area contributed by atoms with Gasteiger partial charge in [0.2, 0.25) is 11.8 Å². The lowest BCUT2D eigenvalue weighted by atomic mass is 10.0. The molecule has 190 valence electrons. The molecule has 2 amide bonds. The Labute approximate surface area is 218 Å². The first-order chi connectivity index (χ1) is 17.3. The number of nitrogens with zero attached hydrogens (tertiary/aromatic N) is 1. The van der Waals surface area contributed by atoms with Crippen molar-refractivity contribution in [3.8, 4) is 0 Å². The topological polar surface area (TPSA) is 49.4 Å². The Kier molecular flexibility index (Phi) is 10.6. The first-order valence-corrected chi connectivity index (χ1v) is 13.4. The van der Waals surface area contributed by atoms with Crippen molar-refractivity contribution in [2.24, 2.45) is 5.92 Å². The van der Waals surface area contributed by atoms with Crippen LogP contribution in [0.5, 0.6) is 0 Å². The zero-order valence-electron chi connectivity index (χ0n) is 21.2. The maximum atomic E-state index is 14.6. The number of hydrogen-bond donors (Lipinski definition) is 1. The monoisotopic (exact) mass is 506 g/mol. The van der Waals surface area contributed by atoms with Gasteiger partial charge >= 0.3 is 0 Å². The molecule has 1 unspecified atom stereocenters. The van der Waals surface area contributed by atoms with Crippen molar-refractivity contribution in [1.82, 2.24) is 10.2 Å². The maximum absolute atomic E-state index is 14.6. The van der Waals surface area contributed by atoms with E-state index in [9.17, 15) is 14.0 Å². The molecule has 1 N–H and O–H groups in total. The van der Waals surface area contributed by atoms with Gasteiger partial charge in [-0.2, -0.15) is 0 Å². The second-order valence-electron chi connectivity index (χ2n) is 9.37. The molecule has 0 aliphatic heterocycles. The summed E-state index contributed by atoms with van der Waals surface area (Å²) in [6, 6.07) is 23.5. The second-order valence-corrected chi connectivity index (χ2v) is 10.5. The van der Waals surface area contributed by atoms with Crippen molar-refractivity contribution in [3.05, 3.63) is 101 Å². The van der Waals surface area contributed by atoms with Gasteiger partial charge in [-0.3, -0.25) is 9.59 Å². The van der Waals surface area contributed by atoms with E-state index < -0.39 is 6.04 Å². The van der Waals surface area contributed by atoms with Gasteiger partial charge in [0.15, 0.2) is 0 Å². The lowest BCUT2D eigenvalue weighted by molar-refractivity contribution is -0.141. The molecular weight excluding hydrogens is 471 g/mol. The molecule has 3 aromatic carbocycles. The van der Waals surface area contributed by atoms with Crippen LogP contribution in [-0.2, 0) is 22.6 Å². The molecule has 0 aliphatic carbocycles. The fourth-order valence-corrected chi connectivity index (χ4v) is 4.66. The van der Waals surface area contributed by atoms with Crippen molar-refractivity contribution in [2.45, 2.75) is 51.1 Å². The third-order valence-corrected chi connectivity index (χ3v) is 6.87. The smallest absolute Gasteiger partial charge is 0.243 e. The fraction of sp³-hybridized carbons (Fsp3) is 0.333. The van der Waals surface area contributed by atoms with E-state index in [1.54, 1.807) is 34.9 Å². The number of benzene rings is 3. The minimum Gasteiger partial charge on any atom is -0.354 e. The predicted molar refractivity (Wildman–Crippen MR) is 145 cm³/mol. The van der Waals surface area contributed by atoms with E-state index in [0.717, 1.165) is 10.5 Å². The number of hydrogen-bond acceptors (Lipinski definition) is 3. The van der Waals surface area contributed by atoms with E-state index in [0.29, 0.717) is 24.3 Å². The van der Waals surface area contributed by atoms with Crippen LogP contribution in [0, 0.1) is 18.7 Å². The normalized spacial score (nSPS) is 11.8. The van der Waals surface area contributed by atoms with Crippen molar-refractivity contribution in [2.75, 3.05) is 12.3 Å². The summed E-state index contributed by atoms with van der Waals surface area (Å²) in [6.45, 7) is 6.63. The van der Waals surface area contributed by atoms with Gasteiger partial charge in [0.25, 0.3) is 0 Å². The van der Waals surface area contributed by atoms with E-state index in [-0.39, 0.29) is 36.5 Å². The van der Waals surface area contributed by atoms with Gasteiger partial charge in [-0.1, -0.05) is 80.1 Å². The first kappa shape index (κ1) is 27.5. The number of thioether (sulfide) groups is 1. The lowest BCUT2D eigenvalue weighted by Crippen LogP contribution is -2.51. The summed E-state index contributed by atoms with van der Waals surface area (Å²) in [5.74, 6) is 0.0710. The van der Waals surface area contributed by atoms with Gasteiger partial charge < -0.3 is 10.2 Å². The standard InChI is InChI=1S/C30H35FN2O2S/c1-22(2)20-32-30(35)28(19-24-9-5-4-6-10-24)33(21-25-11-7-8-12-27(25)31)29(34)17-18-36-26-15-13-23(3)14-16-26/h4-16,22,28H,17-21H2,1-3H3,(H,32,35). The molecule has 3 aromatic rings. The highest BCUT2D eigenvalue weighted by atomic mass is 32.2. The van der Waals surface area contributed by atoms with Gasteiger partial charge in [0.05, 0.1) is 0 Å². The molecule has 4 nitrogen and oxygen atoms in total. The number of carbonyl (C=O) groups excluding carboxylic acids is 2. The van der Waals surface area contributed by atoms with Crippen LogP contribution < -0.4 is 5.32 Å². The number of rotatable bonds is 12. The molecule has 0 aromatic heterocycles. The van der Waals surface area contributed by atoms with Crippen LogP contribution in [0.4, 0.5) is 4.39 Å². The molecule has 3 rings (SSSR count). The summed E-state index contributed by atoms with van der Waals surface area (Å²) in [4.78, 5) is 29.6. The third kappa shape index (κ3) is 8.52. The van der Waals surface area contributed by atoms with Crippen LogP contribution in [0.3, 0.4) is 0 Å². The molecule has 1 atom stereocenters. The van der Waals surface area contributed by atoms with Gasteiger partial charge in [-0.25, -0.2) is 4.39 Å². The van der Waals surface area contributed by atoms with Crippen molar-refractivity contribution >= 4 is 23.6 Å². The highest BCUT2D eigenvalue weighted by Crippen LogP contribution is 2.22. The van der Waals surface area contributed by atoms with Crippen LogP contribution in [0.2, 0.25) is 0 Å². The van der Waals surface area contributed by atoms with Crippen molar-refractivity contribution < 1.29 is 14.0 Å². The quantitative estimate of drug-likeness (QED) is 0.305. The largest absolute Gasteiger partial charge is 0.354 e. The van der Waals surface area contributed by atoms with Crippen LogP contribution in [-0.4, -0.2) is 35.1 Å². The Morgan fingerprint density at radius 1 is 0.944 bits per heavy atom. The van der Waals surface area contributed by atoms with Crippen molar-refractivity contribution in [3.63, 3.8) is 0 Å². The first-order valence-electron chi connectivity index (χ1n) is 12.4. The average Bonchev–Trinajstić information content (AvgIpc) is 2.87. The minimum atomic E-state index is -0.748. The Hall–Kier alpha value is -3.12. The molecule has 36 heavy (non-hydrogen) atoms. The SMILES string of the molecule is Cc1ccc(SCCC(=O)N(Cc2ccccc2F)C(Cc2ccccc2)C(=O)NCC(C)C)cc1. The molecule has 0 radical (unpaired) electrons. The lowest BCUT2D eigenvalue weighted by Gasteiger charge is -2.32. The van der Waals surface area contributed by atoms with E-state index in [2.05, 4.69) is 5.32 Å². The number of carbonyl (C=O) groups is 2. The number of amides is 2. The van der Waals surface area contributed by atoms with E-state index in [1.165, 1.54) is 11.6 Å². The van der Waals surface area contributed by atoms with Crippen LogP contribution in [0.15, 0.2) is 83.8 Å². The van der Waals surface area contributed by atoms with Crippen molar-refractivity contribution in [1.29, 1.82) is 0 Å². The van der Waals surface area contributed by atoms with E-state index in [1.807, 2.05) is 75.4 Å². The Morgan fingerprint density at radius 2 is 1.61 bits per heavy atom. The van der Waals surface area contributed by atoms with Crippen LogP contribution in [0.25, 0.3) is 0 Å². The molecule has 0 saturated carbocycles. The highest BCUT2D eigenvalue weighted by Gasteiger charge is 2.30. The van der Waals surface area contributed by atoms with Gasteiger partial charge in [0.1, 0.15) is 11.9 Å². The zero-order chi connectivity index (χ0) is 25.9. The van der Waals surface area contributed by atoms with Crippen LogP contribution in [0.1, 0.15) is 37.0 Å². The summed E-state index contributed by atoms with van der Waals surface area (Å²) in [5.41, 5.74) is 2.52. The molecule has 0 fully saturated rings. The zero-order valence-corrected chi connectivity index (χ0v) is 22.1. The maximum Gasteiger partial charge on any atom is 0.243 e. The summed E-state index contributed by atoms with van der Waals surface area (Å²) in [6.07, 6.45) is 0.603. The summed E-state index contributed by atoms with van der Waals surface area (Å²) in [5, 5.41) is 2.99. The summed E-state index contributed by atoms with van der Waals surface area (Å²) in [7, 11) is 0. The Balaban J connectivity index is 1.84. The van der Waals surface area contributed by atoms with E-state index >= 15 is 0 Å². The molecule has 0 saturated heterocycles. The summed E-state index contributed by atoms with van der Waals surface area (Å²) >= 11 is 1.60. The number of halogens is 1. The van der Waals surface area contributed by atoms with Gasteiger partial charge in [-0.15, -0.1) is 11.8 Å². The molecule has 0 heterocycles. The predicted octanol–water partition coefficient (Wildman–Crippen LogP) is 6.03. The highest BCUT2D eigenvalue weighted by molar-refractivity contribution is 7.99.